The van der Waals surface area contributed by atoms with Gasteiger partial charge in [-0.3, -0.25) is 0 Å². The Morgan fingerprint density at radius 2 is 2.33 bits per heavy atom. The van der Waals surface area contributed by atoms with E-state index >= 15 is 0 Å². The molecule has 1 heterocycles. The molecule has 0 radical (unpaired) electrons. The van der Waals surface area contributed by atoms with Gasteiger partial charge in [-0.25, -0.2) is 4.79 Å². The molecule has 1 saturated heterocycles. The van der Waals surface area contributed by atoms with E-state index in [1.807, 2.05) is 0 Å². The lowest BCUT2D eigenvalue weighted by molar-refractivity contribution is 0.167. The Labute approximate surface area is 134 Å². The lowest BCUT2D eigenvalue weighted by Crippen LogP contribution is -2.36. The summed E-state index contributed by atoms with van der Waals surface area (Å²) >= 11 is 3.63. The van der Waals surface area contributed by atoms with E-state index in [4.69, 9.17) is 0 Å². The molecule has 1 fully saturated rings. The highest BCUT2D eigenvalue weighted by atomic mass is 79.9. The Kier molecular flexibility index (Phi) is 5.87. The van der Waals surface area contributed by atoms with Crippen LogP contribution in [0.5, 0.6) is 0 Å². The summed E-state index contributed by atoms with van der Waals surface area (Å²) in [6.07, 6.45) is 0.579. The second-order valence-corrected chi connectivity index (χ2v) is 5.98. The van der Waals surface area contributed by atoms with Crippen LogP contribution in [0.15, 0.2) is 22.7 Å². The number of hydrogen-bond donors (Lipinski definition) is 2. The monoisotopic (exact) mass is 355 g/mol. The van der Waals surface area contributed by atoms with Crippen LogP contribution in [0.4, 0.5) is 10.5 Å². The summed E-state index contributed by atoms with van der Waals surface area (Å²) in [7, 11) is 1.39. The van der Waals surface area contributed by atoms with Crippen molar-refractivity contribution in [1.29, 1.82) is 0 Å². The lowest BCUT2D eigenvalue weighted by Gasteiger charge is -2.20. The zero-order valence-corrected chi connectivity index (χ0v) is 14.1. The zero-order chi connectivity index (χ0) is 15.2. The van der Waals surface area contributed by atoms with Gasteiger partial charge < -0.3 is 20.3 Å². The molecule has 1 amide bonds. The van der Waals surface area contributed by atoms with Gasteiger partial charge in [-0.2, -0.15) is 0 Å². The van der Waals surface area contributed by atoms with Gasteiger partial charge in [0.15, 0.2) is 0 Å². The molecule has 1 aromatic carbocycles. The normalized spacial score (nSPS) is 17.9. The number of anilines is 1. The van der Waals surface area contributed by atoms with Gasteiger partial charge in [0.1, 0.15) is 0 Å². The molecule has 0 saturated carbocycles. The van der Waals surface area contributed by atoms with E-state index in [1.54, 1.807) is 0 Å². The number of benzene rings is 1. The molecule has 0 aromatic heterocycles. The van der Waals surface area contributed by atoms with Crippen LogP contribution in [0.2, 0.25) is 0 Å². The van der Waals surface area contributed by atoms with Gasteiger partial charge in [0.05, 0.1) is 13.2 Å². The molecule has 1 aliphatic heterocycles. The largest absolute Gasteiger partial charge is 0.453 e. The third kappa shape index (κ3) is 4.35. The third-order valence-electron chi connectivity index (χ3n) is 3.66. The average molecular weight is 356 g/mol. The van der Waals surface area contributed by atoms with Crippen LogP contribution in [0, 0.1) is 0 Å². The average Bonchev–Trinajstić information content (AvgIpc) is 2.94. The van der Waals surface area contributed by atoms with Crippen LogP contribution in [-0.4, -0.2) is 38.9 Å². The SMILES string of the molecule is CCNCc1ccc(N2CCC(NC(=O)OC)C2)cc1Br. The minimum atomic E-state index is -0.357. The molecule has 116 valence electrons. The number of nitrogens with zero attached hydrogens (tertiary/aromatic N) is 1. The molecule has 0 bridgehead atoms. The fourth-order valence-corrected chi connectivity index (χ4v) is 2.98. The maximum atomic E-state index is 11.2. The first-order valence-corrected chi connectivity index (χ1v) is 8.02. The number of hydrogen-bond acceptors (Lipinski definition) is 4. The predicted octanol–water partition coefficient (Wildman–Crippen LogP) is 2.49. The second kappa shape index (κ2) is 7.66. The van der Waals surface area contributed by atoms with Crippen LogP contribution < -0.4 is 15.5 Å². The van der Waals surface area contributed by atoms with Crippen molar-refractivity contribution in [2.75, 3.05) is 31.6 Å². The van der Waals surface area contributed by atoms with Gasteiger partial charge in [0.25, 0.3) is 0 Å². The molecule has 21 heavy (non-hydrogen) atoms. The van der Waals surface area contributed by atoms with Crippen molar-refractivity contribution in [2.45, 2.75) is 25.9 Å². The first kappa shape index (κ1) is 16.1. The van der Waals surface area contributed by atoms with Crippen molar-refractivity contribution in [3.63, 3.8) is 0 Å². The summed E-state index contributed by atoms with van der Waals surface area (Å²) in [6, 6.07) is 6.58. The van der Waals surface area contributed by atoms with Crippen molar-refractivity contribution < 1.29 is 9.53 Å². The Morgan fingerprint density at radius 3 is 3.00 bits per heavy atom. The van der Waals surface area contributed by atoms with Gasteiger partial charge in [-0.15, -0.1) is 0 Å². The van der Waals surface area contributed by atoms with Gasteiger partial charge >= 0.3 is 6.09 Å². The minimum Gasteiger partial charge on any atom is -0.453 e. The number of halogens is 1. The Bertz CT molecular complexity index is 496. The topological polar surface area (TPSA) is 53.6 Å². The maximum Gasteiger partial charge on any atom is 0.407 e. The van der Waals surface area contributed by atoms with Gasteiger partial charge in [0, 0.05) is 29.8 Å². The highest BCUT2D eigenvalue weighted by Gasteiger charge is 2.24. The van der Waals surface area contributed by atoms with Crippen molar-refractivity contribution in [2.24, 2.45) is 0 Å². The zero-order valence-electron chi connectivity index (χ0n) is 12.5. The van der Waals surface area contributed by atoms with E-state index in [-0.39, 0.29) is 12.1 Å². The number of amides is 1. The summed E-state index contributed by atoms with van der Waals surface area (Å²) < 4.78 is 5.76. The summed E-state index contributed by atoms with van der Waals surface area (Å²) in [5.41, 5.74) is 2.43. The Balaban J connectivity index is 1.96. The number of nitrogens with one attached hydrogen (secondary N) is 2. The summed E-state index contributed by atoms with van der Waals surface area (Å²) in [4.78, 5) is 13.5. The lowest BCUT2D eigenvalue weighted by atomic mass is 10.2. The van der Waals surface area contributed by atoms with Crippen LogP contribution in [0.1, 0.15) is 18.9 Å². The van der Waals surface area contributed by atoms with Gasteiger partial charge in [-0.05, 0) is 30.7 Å². The molecule has 5 nitrogen and oxygen atoms in total. The highest BCUT2D eigenvalue weighted by molar-refractivity contribution is 9.10. The van der Waals surface area contributed by atoms with Gasteiger partial charge in [-0.1, -0.05) is 28.9 Å². The predicted molar refractivity (Wildman–Crippen MR) is 87.7 cm³/mol. The molecule has 2 N–H and O–H groups in total. The number of carbonyl (C=O) groups is 1. The van der Waals surface area contributed by atoms with Gasteiger partial charge in [0.2, 0.25) is 0 Å². The second-order valence-electron chi connectivity index (χ2n) is 5.12. The summed E-state index contributed by atoms with van der Waals surface area (Å²) in [5.74, 6) is 0. The quantitative estimate of drug-likeness (QED) is 0.851. The van der Waals surface area contributed by atoms with E-state index in [0.717, 1.165) is 37.1 Å². The standard InChI is InChI=1S/C15H22BrN3O2/c1-3-17-9-11-4-5-13(8-14(11)16)19-7-6-12(10-19)18-15(20)21-2/h4-5,8,12,17H,3,6-7,9-10H2,1-2H3,(H,18,20). The molecule has 1 atom stereocenters. The van der Waals surface area contributed by atoms with E-state index in [9.17, 15) is 4.79 Å². The molecular formula is C15H22BrN3O2. The molecule has 1 aliphatic rings. The number of ether oxygens (including phenoxy) is 1. The maximum absolute atomic E-state index is 11.2. The first-order chi connectivity index (χ1) is 10.1. The first-order valence-electron chi connectivity index (χ1n) is 7.22. The Hall–Kier alpha value is -1.27. The molecule has 0 spiro atoms. The summed E-state index contributed by atoms with van der Waals surface area (Å²) in [5, 5.41) is 6.18. The van der Waals surface area contributed by atoms with Crippen LogP contribution in [0.25, 0.3) is 0 Å². The molecule has 2 rings (SSSR count). The summed E-state index contributed by atoms with van der Waals surface area (Å²) in [6.45, 7) is 5.67. The fourth-order valence-electron chi connectivity index (χ4n) is 2.47. The smallest absolute Gasteiger partial charge is 0.407 e. The van der Waals surface area contributed by atoms with Crippen LogP contribution >= 0.6 is 15.9 Å². The fraction of sp³-hybridized carbons (Fsp3) is 0.533. The van der Waals surface area contributed by atoms with Crippen molar-refractivity contribution in [1.82, 2.24) is 10.6 Å². The number of rotatable bonds is 5. The third-order valence-corrected chi connectivity index (χ3v) is 4.40. The molecule has 6 heteroatoms. The number of methoxy groups -OCH3 is 1. The van der Waals surface area contributed by atoms with Crippen LogP contribution in [-0.2, 0) is 11.3 Å². The molecular weight excluding hydrogens is 334 g/mol. The number of alkyl carbamates (subject to hydrolysis) is 1. The molecule has 0 aliphatic carbocycles. The Morgan fingerprint density at radius 1 is 1.52 bits per heavy atom. The highest BCUT2D eigenvalue weighted by Crippen LogP contribution is 2.26. The van der Waals surface area contributed by atoms with E-state index < -0.39 is 0 Å². The minimum absolute atomic E-state index is 0.151. The molecule has 1 unspecified atom stereocenters. The van der Waals surface area contributed by atoms with Crippen molar-refractivity contribution >= 4 is 27.7 Å². The molecule has 1 aromatic rings. The van der Waals surface area contributed by atoms with Crippen molar-refractivity contribution in [3.05, 3.63) is 28.2 Å². The van der Waals surface area contributed by atoms with E-state index in [2.05, 4.69) is 61.3 Å². The van der Waals surface area contributed by atoms with E-state index in [0.29, 0.717) is 0 Å². The van der Waals surface area contributed by atoms with Crippen LogP contribution in [0.3, 0.4) is 0 Å². The van der Waals surface area contributed by atoms with Crippen molar-refractivity contribution in [3.8, 4) is 0 Å². The number of carbonyl (C=O) groups excluding carboxylic acids is 1. The van der Waals surface area contributed by atoms with E-state index in [1.165, 1.54) is 18.4 Å².